The van der Waals surface area contributed by atoms with Gasteiger partial charge in [-0.05, 0) is 101 Å². The summed E-state index contributed by atoms with van der Waals surface area (Å²) in [5, 5.41) is 14.3. The minimum Gasteiger partial charge on any atom is -0.384 e. The summed E-state index contributed by atoms with van der Waals surface area (Å²) in [6, 6.07) is 14.6. The summed E-state index contributed by atoms with van der Waals surface area (Å²) in [4.78, 5) is 35.0. The van der Waals surface area contributed by atoms with Crippen LogP contribution in [0.5, 0.6) is 0 Å². The zero-order chi connectivity index (χ0) is 32.5. The van der Waals surface area contributed by atoms with Gasteiger partial charge >= 0.3 is 0 Å². The smallest absolute Gasteiger partial charge is 0.278 e. The summed E-state index contributed by atoms with van der Waals surface area (Å²) in [6.07, 6.45) is 10.2. The van der Waals surface area contributed by atoms with Gasteiger partial charge < -0.3 is 20.2 Å². The molecule has 0 bridgehead atoms. The van der Waals surface area contributed by atoms with Gasteiger partial charge in [0.2, 0.25) is 5.95 Å². The highest BCUT2D eigenvalue weighted by atomic mass is 16.3. The third-order valence-corrected chi connectivity index (χ3v) is 10.2. The van der Waals surface area contributed by atoms with Gasteiger partial charge in [-0.1, -0.05) is 12.1 Å². The molecule has 0 atom stereocenters. The van der Waals surface area contributed by atoms with Gasteiger partial charge in [0.05, 0.1) is 12.2 Å². The monoisotopic (exact) mass is 637 g/mol. The molecule has 7 rings (SSSR count). The standard InChI is InChI=1S/C36H47N9O2/c1-4-17-44-34(46)30-24-37-35(40-33(30)45(44)32-8-5-7-31(39-32)36(2,3)47)38-27-11-15-29(16-12-27)43-22-20-41(21-23-43)25-26-9-13-28(14-10-26)42-18-6-19-42/h4-5,7-8,11-12,15-16,24,26,28,47H,1,6,9-10,13-14,17-23,25H2,2-3H3,(H,37,38,40). The van der Waals surface area contributed by atoms with Crippen LogP contribution in [0.4, 0.5) is 17.3 Å². The maximum absolute atomic E-state index is 13.3. The number of fused-ring (bicyclic) bond motifs is 1. The van der Waals surface area contributed by atoms with Crippen LogP contribution in [0, 0.1) is 5.92 Å². The second-order valence-electron chi connectivity index (χ2n) is 13.9. The Bertz CT molecular complexity index is 1750. The predicted octanol–water partition coefficient (Wildman–Crippen LogP) is 4.52. The molecular formula is C36H47N9O2. The Morgan fingerprint density at radius 2 is 1.72 bits per heavy atom. The molecule has 1 aromatic carbocycles. The van der Waals surface area contributed by atoms with Gasteiger partial charge in [-0.3, -0.25) is 9.69 Å². The highest BCUT2D eigenvalue weighted by Gasteiger charge is 2.30. The first-order valence-electron chi connectivity index (χ1n) is 17.1. The fourth-order valence-corrected chi connectivity index (χ4v) is 7.33. The number of likely N-dealkylation sites (tertiary alicyclic amines) is 1. The summed E-state index contributed by atoms with van der Waals surface area (Å²) in [6.45, 7) is 15.7. The van der Waals surface area contributed by atoms with Gasteiger partial charge in [-0.15, -0.1) is 6.58 Å². The van der Waals surface area contributed by atoms with E-state index in [1.54, 1.807) is 42.9 Å². The maximum Gasteiger partial charge on any atom is 0.278 e. The Morgan fingerprint density at radius 3 is 2.38 bits per heavy atom. The molecule has 0 spiro atoms. The lowest BCUT2D eigenvalue weighted by atomic mass is 9.84. The van der Waals surface area contributed by atoms with Crippen molar-refractivity contribution in [3.63, 3.8) is 0 Å². The number of nitrogens with zero attached hydrogens (tertiary/aromatic N) is 8. The minimum atomic E-state index is -1.14. The molecule has 4 aromatic rings. The summed E-state index contributed by atoms with van der Waals surface area (Å²) in [5.74, 6) is 1.71. The number of nitrogens with one attached hydrogen (secondary N) is 1. The highest BCUT2D eigenvalue weighted by Crippen LogP contribution is 2.31. The Balaban J connectivity index is 1.01. The number of anilines is 3. The molecule has 1 aliphatic carbocycles. The molecule has 0 radical (unpaired) electrons. The normalized spacial score (nSPS) is 21.1. The molecule has 11 nitrogen and oxygen atoms in total. The summed E-state index contributed by atoms with van der Waals surface area (Å²) >= 11 is 0. The number of benzene rings is 1. The molecule has 3 aromatic heterocycles. The zero-order valence-electron chi connectivity index (χ0n) is 27.7. The van der Waals surface area contributed by atoms with Crippen LogP contribution in [0.2, 0.25) is 0 Å². The number of hydrogen-bond acceptors (Lipinski definition) is 9. The van der Waals surface area contributed by atoms with Crippen molar-refractivity contribution in [2.24, 2.45) is 5.92 Å². The van der Waals surface area contributed by atoms with E-state index in [4.69, 9.17) is 4.98 Å². The number of rotatable bonds is 10. The second kappa shape index (κ2) is 13.2. The molecule has 3 aliphatic rings. The third kappa shape index (κ3) is 6.70. The number of hydrogen-bond donors (Lipinski definition) is 2. The number of aromatic nitrogens is 5. The van der Waals surface area contributed by atoms with E-state index < -0.39 is 5.60 Å². The van der Waals surface area contributed by atoms with Crippen molar-refractivity contribution in [3.05, 3.63) is 77.4 Å². The van der Waals surface area contributed by atoms with Gasteiger partial charge in [0, 0.05) is 56.3 Å². The van der Waals surface area contributed by atoms with E-state index in [0.717, 1.165) is 43.8 Å². The fourth-order valence-electron chi connectivity index (χ4n) is 7.33. The van der Waals surface area contributed by atoms with Gasteiger partial charge in [-0.25, -0.2) is 19.3 Å². The van der Waals surface area contributed by atoms with Crippen LogP contribution in [0.25, 0.3) is 16.9 Å². The van der Waals surface area contributed by atoms with Gasteiger partial charge in [0.15, 0.2) is 11.5 Å². The number of allylic oxidation sites excluding steroid dienone is 1. The lowest BCUT2D eigenvalue weighted by Gasteiger charge is -2.43. The molecule has 11 heteroatoms. The first kappa shape index (κ1) is 31.5. The summed E-state index contributed by atoms with van der Waals surface area (Å²) in [7, 11) is 0. The van der Waals surface area contributed by atoms with Crippen LogP contribution in [0.3, 0.4) is 0 Å². The van der Waals surface area contributed by atoms with Crippen molar-refractivity contribution >= 4 is 28.4 Å². The molecule has 248 valence electrons. The summed E-state index contributed by atoms with van der Waals surface area (Å²) < 4.78 is 3.20. The number of piperazine rings is 1. The topological polar surface area (TPSA) is 108 Å². The van der Waals surface area contributed by atoms with Crippen LogP contribution in [0.15, 0.2) is 66.1 Å². The van der Waals surface area contributed by atoms with Gasteiger partial charge in [0.1, 0.15) is 11.0 Å². The van der Waals surface area contributed by atoms with Crippen molar-refractivity contribution in [3.8, 4) is 5.82 Å². The Labute approximate surface area is 276 Å². The quantitative estimate of drug-likeness (QED) is 0.243. The van der Waals surface area contributed by atoms with E-state index >= 15 is 0 Å². The molecule has 3 fully saturated rings. The van der Waals surface area contributed by atoms with E-state index in [1.165, 1.54) is 62.1 Å². The third-order valence-electron chi connectivity index (χ3n) is 10.2. The average molecular weight is 638 g/mol. The van der Waals surface area contributed by atoms with Crippen LogP contribution in [-0.4, -0.2) is 91.1 Å². The predicted molar refractivity (Wildman–Crippen MR) is 187 cm³/mol. The van der Waals surface area contributed by atoms with E-state index in [1.807, 2.05) is 6.07 Å². The van der Waals surface area contributed by atoms with Gasteiger partial charge in [0.25, 0.3) is 5.56 Å². The fraction of sp³-hybridized carbons (Fsp3) is 0.500. The zero-order valence-corrected chi connectivity index (χ0v) is 27.7. The highest BCUT2D eigenvalue weighted by molar-refractivity contribution is 5.77. The SMILES string of the molecule is C=CCn1c(=O)c2cnc(Nc3ccc(N4CCN(CC5CCC(N6CCC6)CC5)CC4)cc3)nc2n1-c1cccc(C(C)(C)O)n1. The van der Waals surface area contributed by atoms with Crippen molar-refractivity contribution in [2.45, 2.75) is 64.1 Å². The van der Waals surface area contributed by atoms with Gasteiger partial charge in [-0.2, -0.15) is 4.98 Å². The maximum atomic E-state index is 13.3. The lowest BCUT2D eigenvalue weighted by Crippen LogP contribution is -2.49. The first-order chi connectivity index (χ1) is 22.8. The first-order valence-corrected chi connectivity index (χ1v) is 17.1. The second-order valence-corrected chi connectivity index (χ2v) is 13.9. The van der Waals surface area contributed by atoms with E-state index in [9.17, 15) is 9.90 Å². The molecule has 2 N–H and O–H groups in total. The molecule has 0 unspecified atom stereocenters. The molecule has 1 saturated carbocycles. The van der Waals surface area contributed by atoms with Crippen LogP contribution in [-0.2, 0) is 12.1 Å². The molecule has 2 saturated heterocycles. The minimum absolute atomic E-state index is 0.235. The molecule has 5 heterocycles. The van der Waals surface area contributed by atoms with E-state index in [2.05, 4.69) is 60.8 Å². The van der Waals surface area contributed by atoms with Crippen LogP contribution >= 0.6 is 0 Å². The van der Waals surface area contributed by atoms with Crippen molar-refractivity contribution < 1.29 is 5.11 Å². The lowest BCUT2D eigenvalue weighted by molar-refractivity contribution is 0.0708. The average Bonchev–Trinajstić information content (AvgIpc) is 3.32. The van der Waals surface area contributed by atoms with E-state index in [0.29, 0.717) is 28.5 Å². The van der Waals surface area contributed by atoms with Crippen molar-refractivity contribution in [2.75, 3.05) is 56.0 Å². The largest absolute Gasteiger partial charge is 0.384 e. The Hall–Kier alpha value is -4.06. The molecular weight excluding hydrogens is 590 g/mol. The number of aliphatic hydroxyl groups is 1. The molecule has 0 amide bonds. The summed E-state index contributed by atoms with van der Waals surface area (Å²) in [5.41, 5.74) is 1.62. The Morgan fingerprint density at radius 1 is 0.979 bits per heavy atom. The van der Waals surface area contributed by atoms with Crippen molar-refractivity contribution in [1.29, 1.82) is 0 Å². The van der Waals surface area contributed by atoms with Crippen LogP contribution < -0.4 is 15.8 Å². The number of pyridine rings is 1. The Kier molecular flexibility index (Phi) is 8.87. The van der Waals surface area contributed by atoms with E-state index in [-0.39, 0.29) is 12.1 Å². The molecule has 47 heavy (non-hydrogen) atoms. The van der Waals surface area contributed by atoms with Crippen LogP contribution in [0.1, 0.15) is 51.6 Å². The molecule has 2 aliphatic heterocycles. The van der Waals surface area contributed by atoms with Crippen molar-refractivity contribution in [1.82, 2.24) is 34.1 Å².